The van der Waals surface area contributed by atoms with Gasteiger partial charge in [-0.3, -0.25) is 0 Å². The molecular weight excluding hydrogens is 236 g/mol. The predicted octanol–water partition coefficient (Wildman–Crippen LogP) is 3.02. The molecule has 2 N–H and O–H groups in total. The van der Waals surface area contributed by atoms with Crippen molar-refractivity contribution < 1.29 is 13.9 Å². The molecule has 0 amide bonds. The van der Waals surface area contributed by atoms with Gasteiger partial charge in [-0.1, -0.05) is 19.9 Å². The second-order valence-electron chi connectivity index (χ2n) is 5.38. The summed E-state index contributed by atoms with van der Waals surface area (Å²) < 4.78 is 27.1. The molecular formula is C14H21F2NO. The Hall–Kier alpha value is -1.00. The molecule has 0 saturated heterocycles. The summed E-state index contributed by atoms with van der Waals surface area (Å²) in [6.07, 6.45) is 0.645. The van der Waals surface area contributed by atoms with Gasteiger partial charge in [0.25, 0.3) is 0 Å². The van der Waals surface area contributed by atoms with Crippen LogP contribution < -0.4 is 5.32 Å². The maximum atomic E-state index is 13.5. The Bertz CT molecular complexity index is 373. The first-order valence-corrected chi connectivity index (χ1v) is 6.15. The molecule has 0 bridgehead atoms. The average Bonchev–Trinajstić information content (AvgIpc) is 2.26. The molecule has 2 nitrogen and oxygen atoms in total. The van der Waals surface area contributed by atoms with Crippen LogP contribution in [0, 0.1) is 17.0 Å². The Balaban J connectivity index is 2.69. The van der Waals surface area contributed by atoms with Crippen LogP contribution in [-0.4, -0.2) is 18.3 Å². The SMILES string of the molecule is CC(NCC(C)(C)CCO)c1c(F)cccc1F. The third-order valence-corrected chi connectivity index (χ3v) is 3.11. The van der Waals surface area contributed by atoms with Gasteiger partial charge in [0.1, 0.15) is 11.6 Å². The normalized spacial score (nSPS) is 13.7. The van der Waals surface area contributed by atoms with E-state index in [0.29, 0.717) is 13.0 Å². The van der Waals surface area contributed by atoms with Crippen LogP contribution >= 0.6 is 0 Å². The zero-order chi connectivity index (χ0) is 13.8. The second kappa shape index (κ2) is 6.25. The number of benzene rings is 1. The van der Waals surface area contributed by atoms with Crippen LogP contribution in [0.15, 0.2) is 18.2 Å². The molecule has 1 atom stereocenters. The largest absolute Gasteiger partial charge is 0.396 e. The maximum absolute atomic E-state index is 13.5. The highest BCUT2D eigenvalue weighted by Gasteiger charge is 2.21. The number of hydrogen-bond donors (Lipinski definition) is 2. The van der Waals surface area contributed by atoms with Crippen LogP contribution in [0.1, 0.15) is 38.8 Å². The summed E-state index contributed by atoms with van der Waals surface area (Å²) in [6, 6.07) is 3.48. The molecule has 4 heteroatoms. The van der Waals surface area contributed by atoms with Gasteiger partial charge in [-0.05, 0) is 30.9 Å². The number of hydrogen-bond acceptors (Lipinski definition) is 2. The van der Waals surface area contributed by atoms with Crippen LogP contribution in [0.25, 0.3) is 0 Å². The molecule has 18 heavy (non-hydrogen) atoms. The molecule has 1 aromatic rings. The summed E-state index contributed by atoms with van der Waals surface area (Å²) in [5, 5.41) is 12.0. The van der Waals surface area contributed by atoms with Crippen molar-refractivity contribution in [2.45, 2.75) is 33.2 Å². The summed E-state index contributed by atoms with van der Waals surface area (Å²) in [6.45, 7) is 6.43. The van der Waals surface area contributed by atoms with E-state index in [1.165, 1.54) is 18.2 Å². The van der Waals surface area contributed by atoms with Gasteiger partial charge in [0.05, 0.1) is 0 Å². The van der Waals surface area contributed by atoms with Gasteiger partial charge >= 0.3 is 0 Å². The zero-order valence-electron chi connectivity index (χ0n) is 11.1. The number of nitrogens with one attached hydrogen (secondary N) is 1. The fourth-order valence-electron chi connectivity index (χ4n) is 1.85. The van der Waals surface area contributed by atoms with E-state index in [4.69, 9.17) is 5.11 Å². The van der Waals surface area contributed by atoms with Crippen molar-refractivity contribution in [1.29, 1.82) is 0 Å². The van der Waals surface area contributed by atoms with Crippen molar-refractivity contribution in [3.05, 3.63) is 35.4 Å². The number of aliphatic hydroxyl groups is 1. The van der Waals surface area contributed by atoms with Crippen molar-refractivity contribution >= 4 is 0 Å². The minimum absolute atomic E-state index is 0.0669. The van der Waals surface area contributed by atoms with Crippen molar-refractivity contribution in [1.82, 2.24) is 5.32 Å². The number of rotatable bonds is 6. The molecule has 0 spiro atoms. The molecule has 1 rings (SSSR count). The minimum atomic E-state index is -0.532. The van der Waals surface area contributed by atoms with E-state index >= 15 is 0 Å². The van der Waals surface area contributed by atoms with Crippen molar-refractivity contribution in [2.75, 3.05) is 13.2 Å². The summed E-state index contributed by atoms with van der Waals surface area (Å²) in [7, 11) is 0. The van der Waals surface area contributed by atoms with Gasteiger partial charge < -0.3 is 10.4 Å². The van der Waals surface area contributed by atoms with Crippen molar-refractivity contribution in [2.24, 2.45) is 5.41 Å². The second-order valence-corrected chi connectivity index (χ2v) is 5.38. The Labute approximate surface area is 107 Å². The molecule has 0 radical (unpaired) electrons. The fraction of sp³-hybridized carbons (Fsp3) is 0.571. The van der Waals surface area contributed by atoms with Gasteiger partial charge in [-0.15, -0.1) is 0 Å². The average molecular weight is 257 g/mol. The molecule has 0 aliphatic rings. The first kappa shape index (κ1) is 15.1. The molecule has 1 unspecified atom stereocenters. The highest BCUT2D eigenvalue weighted by atomic mass is 19.1. The van der Waals surface area contributed by atoms with Crippen LogP contribution in [0.5, 0.6) is 0 Å². The monoisotopic (exact) mass is 257 g/mol. The molecule has 1 aromatic carbocycles. The summed E-state index contributed by atoms with van der Waals surface area (Å²) in [5.41, 5.74) is -0.0395. The molecule has 0 saturated carbocycles. The molecule has 0 aliphatic carbocycles. The molecule has 0 aromatic heterocycles. The maximum Gasteiger partial charge on any atom is 0.130 e. The van der Waals surface area contributed by atoms with Gasteiger partial charge in [0, 0.05) is 24.8 Å². The lowest BCUT2D eigenvalue weighted by Crippen LogP contribution is -2.32. The van der Waals surface area contributed by atoms with Crippen LogP contribution in [-0.2, 0) is 0 Å². The lowest BCUT2D eigenvalue weighted by Gasteiger charge is -2.26. The van der Waals surface area contributed by atoms with Crippen molar-refractivity contribution in [3.63, 3.8) is 0 Å². The fourth-order valence-corrected chi connectivity index (χ4v) is 1.85. The van der Waals surface area contributed by atoms with E-state index in [-0.39, 0.29) is 17.6 Å². The zero-order valence-corrected chi connectivity index (χ0v) is 11.1. The third-order valence-electron chi connectivity index (χ3n) is 3.11. The topological polar surface area (TPSA) is 32.3 Å². The van der Waals surface area contributed by atoms with E-state index in [2.05, 4.69) is 5.32 Å². The van der Waals surface area contributed by atoms with Crippen molar-refractivity contribution in [3.8, 4) is 0 Å². The molecule has 0 heterocycles. The quantitative estimate of drug-likeness (QED) is 0.821. The van der Waals surface area contributed by atoms with E-state index in [9.17, 15) is 8.78 Å². The lowest BCUT2D eigenvalue weighted by atomic mass is 9.89. The Morgan fingerprint density at radius 1 is 1.28 bits per heavy atom. The Morgan fingerprint density at radius 2 is 1.83 bits per heavy atom. The summed E-state index contributed by atoms with van der Waals surface area (Å²) >= 11 is 0. The smallest absolute Gasteiger partial charge is 0.130 e. The first-order valence-electron chi connectivity index (χ1n) is 6.15. The summed E-state index contributed by atoms with van der Waals surface area (Å²) in [5.74, 6) is -1.06. The number of halogens is 2. The lowest BCUT2D eigenvalue weighted by molar-refractivity contribution is 0.203. The molecule has 0 aliphatic heterocycles. The Kier molecular flexibility index (Phi) is 5.23. The predicted molar refractivity (Wildman–Crippen MR) is 68.3 cm³/mol. The van der Waals surface area contributed by atoms with Gasteiger partial charge in [0.15, 0.2) is 0 Å². The first-order chi connectivity index (χ1) is 8.37. The van der Waals surface area contributed by atoms with Crippen LogP contribution in [0.4, 0.5) is 8.78 Å². The molecule has 0 fully saturated rings. The van der Waals surface area contributed by atoms with E-state index < -0.39 is 17.7 Å². The van der Waals surface area contributed by atoms with E-state index in [1.54, 1.807) is 6.92 Å². The highest BCUT2D eigenvalue weighted by molar-refractivity contribution is 5.22. The van der Waals surface area contributed by atoms with Gasteiger partial charge in [-0.2, -0.15) is 0 Å². The van der Waals surface area contributed by atoms with Gasteiger partial charge in [-0.25, -0.2) is 8.78 Å². The van der Waals surface area contributed by atoms with Crippen LogP contribution in [0.2, 0.25) is 0 Å². The summed E-state index contributed by atoms with van der Waals surface area (Å²) in [4.78, 5) is 0. The standard InChI is InChI=1S/C14H21F2NO/c1-10(17-9-14(2,3)7-8-18)13-11(15)5-4-6-12(13)16/h4-6,10,17-18H,7-9H2,1-3H3. The van der Waals surface area contributed by atoms with E-state index in [0.717, 1.165) is 0 Å². The number of aliphatic hydroxyl groups excluding tert-OH is 1. The van der Waals surface area contributed by atoms with Gasteiger partial charge in [0.2, 0.25) is 0 Å². The van der Waals surface area contributed by atoms with E-state index in [1.807, 2.05) is 13.8 Å². The third kappa shape index (κ3) is 4.03. The highest BCUT2D eigenvalue weighted by Crippen LogP contribution is 2.23. The van der Waals surface area contributed by atoms with Crippen LogP contribution in [0.3, 0.4) is 0 Å². The Morgan fingerprint density at radius 3 is 2.33 bits per heavy atom. The molecule has 102 valence electrons. The minimum Gasteiger partial charge on any atom is -0.396 e.